The Kier molecular flexibility index (Phi) is 9.56. The van der Waals surface area contributed by atoms with Crippen molar-refractivity contribution in [3.8, 4) is 0 Å². The van der Waals surface area contributed by atoms with E-state index in [1.165, 1.54) is 16.7 Å². The molecule has 0 aromatic heterocycles. The van der Waals surface area contributed by atoms with E-state index >= 15 is 0 Å². The summed E-state index contributed by atoms with van der Waals surface area (Å²) in [5.74, 6) is 0. The molecule has 1 amide bonds. The van der Waals surface area contributed by atoms with E-state index < -0.39 is 0 Å². The summed E-state index contributed by atoms with van der Waals surface area (Å²) in [6.07, 6.45) is 6.89. The van der Waals surface area contributed by atoms with Gasteiger partial charge in [-0.25, -0.2) is 4.79 Å². The van der Waals surface area contributed by atoms with Crippen molar-refractivity contribution < 1.29 is 19.1 Å². The van der Waals surface area contributed by atoms with E-state index in [0.29, 0.717) is 17.4 Å². The first kappa shape index (κ1) is 20.6. The standard InChI is InChI=1S/C17H28N2O4S/c1-5-15(6-2)24-17(21)22-11-14-7-8-16(23-14)19(12-20)10-9-13(3)18-4/h9-10,12,14-16,18H,3,5-8,11H2,1-2,4H3/b10-9-. The Morgan fingerprint density at radius 1 is 1.46 bits per heavy atom. The first-order valence-electron chi connectivity index (χ1n) is 8.30. The number of thioether (sulfide) groups is 1. The van der Waals surface area contributed by atoms with Gasteiger partial charge in [-0.2, -0.15) is 0 Å². The van der Waals surface area contributed by atoms with Crippen molar-refractivity contribution in [2.75, 3.05) is 13.7 Å². The van der Waals surface area contributed by atoms with E-state index in [1.54, 1.807) is 19.3 Å². The van der Waals surface area contributed by atoms with Crippen LogP contribution in [0.1, 0.15) is 39.5 Å². The van der Waals surface area contributed by atoms with Crippen molar-refractivity contribution in [3.63, 3.8) is 0 Å². The topological polar surface area (TPSA) is 67.9 Å². The molecule has 0 aromatic rings. The highest BCUT2D eigenvalue weighted by atomic mass is 32.2. The molecule has 1 N–H and O–H groups in total. The number of carbonyl (C=O) groups excluding carboxylic acids is 2. The summed E-state index contributed by atoms with van der Waals surface area (Å²) in [5.41, 5.74) is 0.698. The number of allylic oxidation sites excluding steroid dienone is 1. The third-order valence-corrected chi connectivity index (χ3v) is 5.18. The van der Waals surface area contributed by atoms with Gasteiger partial charge in [-0.15, -0.1) is 0 Å². The number of ether oxygens (including phenoxy) is 2. The predicted molar refractivity (Wildman–Crippen MR) is 96.4 cm³/mol. The molecule has 0 radical (unpaired) electrons. The minimum Gasteiger partial charge on any atom is -0.455 e. The molecule has 1 saturated heterocycles. The molecule has 1 rings (SSSR count). The van der Waals surface area contributed by atoms with Crippen molar-refractivity contribution in [1.82, 2.24) is 10.2 Å². The molecular formula is C17H28N2O4S. The molecule has 136 valence electrons. The Balaban J connectivity index is 2.39. The van der Waals surface area contributed by atoms with Crippen LogP contribution in [0.25, 0.3) is 0 Å². The van der Waals surface area contributed by atoms with Crippen LogP contribution in [0.15, 0.2) is 24.6 Å². The van der Waals surface area contributed by atoms with Gasteiger partial charge in [-0.1, -0.05) is 20.4 Å². The number of hydrogen-bond acceptors (Lipinski definition) is 6. The highest BCUT2D eigenvalue weighted by Gasteiger charge is 2.29. The van der Waals surface area contributed by atoms with E-state index in [4.69, 9.17) is 9.47 Å². The fraction of sp³-hybridized carbons (Fsp3) is 0.647. The first-order valence-corrected chi connectivity index (χ1v) is 9.18. The van der Waals surface area contributed by atoms with Crippen molar-refractivity contribution in [3.05, 3.63) is 24.6 Å². The smallest absolute Gasteiger partial charge is 0.367 e. The summed E-state index contributed by atoms with van der Waals surface area (Å²) in [6, 6.07) is 0. The average Bonchev–Trinajstić information content (AvgIpc) is 3.06. The van der Waals surface area contributed by atoms with E-state index in [0.717, 1.165) is 25.7 Å². The zero-order valence-electron chi connectivity index (χ0n) is 14.7. The predicted octanol–water partition coefficient (Wildman–Crippen LogP) is 3.26. The second kappa shape index (κ2) is 11.1. The molecule has 0 saturated carbocycles. The molecule has 0 spiro atoms. The van der Waals surface area contributed by atoms with Gasteiger partial charge in [-0.05, 0) is 43.5 Å². The number of likely N-dealkylation sites (N-methyl/N-ethyl adjacent to an activating group) is 1. The van der Waals surface area contributed by atoms with Crippen LogP contribution >= 0.6 is 11.8 Å². The van der Waals surface area contributed by atoms with Crippen LogP contribution in [-0.2, 0) is 14.3 Å². The number of nitrogens with one attached hydrogen (secondary N) is 1. The summed E-state index contributed by atoms with van der Waals surface area (Å²) in [6.45, 7) is 8.11. The number of nitrogens with zero attached hydrogens (tertiary/aromatic N) is 1. The third kappa shape index (κ3) is 6.97. The van der Waals surface area contributed by atoms with Gasteiger partial charge in [0.15, 0.2) is 0 Å². The molecule has 2 unspecified atom stereocenters. The maximum atomic E-state index is 11.8. The van der Waals surface area contributed by atoms with Gasteiger partial charge in [0.05, 0.1) is 6.10 Å². The molecule has 0 aromatic carbocycles. The number of rotatable bonds is 10. The van der Waals surface area contributed by atoms with E-state index in [2.05, 4.69) is 25.7 Å². The summed E-state index contributed by atoms with van der Waals surface area (Å²) in [4.78, 5) is 24.5. The molecular weight excluding hydrogens is 328 g/mol. The van der Waals surface area contributed by atoms with Crippen LogP contribution in [-0.4, -0.2) is 47.8 Å². The van der Waals surface area contributed by atoms with Gasteiger partial charge in [0.25, 0.3) is 0 Å². The molecule has 7 heteroatoms. The van der Waals surface area contributed by atoms with Crippen LogP contribution in [0.3, 0.4) is 0 Å². The van der Waals surface area contributed by atoms with E-state index in [1.807, 2.05) is 0 Å². The Hall–Kier alpha value is -1.47. The minimum absolute atomic E-state index is 0.176. The monoisotopic (exact) mass is 356 g/mol. The highest BCUT2D eigenvalue weighted by Crippen LogP contribution is 2.24. The lowest BCUT2D eigenvalue weighted by Gasteiger charge is -2.21. The molecule has 1 aliphatic rings. The van der Waals surface area contributed by atoms with Crippen molar-refractivity contribution in [2.24, 2.45) is 0 Å². The van der Waals surface area contributed by atoms with Crippen LogP contribution < -0.4 is 5.32 Å². The van der Waals surface area contributed by atoms with Crippen molar-refractivity contribution in [2.45, 2.75) is 57.1 Å². The summed E-state index contributed by atoms with van der Waals surface area (Å²) >= 11 is 1.24. The quantitative estimate of drug-likeness (QED) is 0.368. The summed E-state index contributed by atoms with van der Waals surface area (Å²) in [7, 11) is 1.76. The fourth-order valence-corrected chi connectivity index (χ4v) is 3.02. The average molecular weight is 356 g/mol. The summed E-state index contributed by atoms with van der Waals surface area (Å²) < 4.78 is 11.1. The van der Waals surface area contributed by atoms with Crippen LogP contribution in [0.4, 0.5) is 4.79 Å². The second-order valence-corrected chi connectivity index (χ2v) is 6.79. The molecule has 6 nitrogen and oxygen atoms in total. The zero-order chi connectivity index (χ0) is 17.9. The van der Waals surface area contributed by atoms with Crippen LogP contribution in [0, 0.1) is 0 Å². The largest absolute Gasteiger partial charge is 0.455 e. The van der Waals surface area contributed by atoms with Crippen LogP contribution in [0.5, 0.6) is 0 Å². The number of amides is 1. The van der Waals surface area contributed by atoms with E-state index in [-0.39, 0.29) is 24.2 Å². The Bertz CT molecular complexity index is 452. The van der Waals surface area contributed by atoms with Gasteiger partial charge in [0, 0.05) is 24.2 Å². The lowest BCUT2D eigenvalue weighted by Crippen LogP contribution is -2.30. The van der Waals surface area contributed by atoms with Gasteiger partial charge in [-0.3, -0.25) is 9.69 Å². The normalized spacial score (nSPS) is 20.3. The molecule has 0 bridgehead atoms. The number of carbonyl (C=O) groups is 2. The minimum atomic E-state index is -0.334. The molecule has 1 aliphatic heterocycles. The lowest BCUT2D eigenvalue weighted by molar-refractivity contribution is -0.127. The maximum absolute atomic E-state index is 11.8. The zero-order valence-corrected chi connectivity index (χ0v) is 15.5. The van der Waals surface area contributed by atoms with Gasteiger partial charge >= 0.3 is 5.30 Å². The molecule has 2 atom stereocenters. The molecule has 1 fully saturated rings. The number of hydrogen-bond donors (Lipinski definition) is 1. The second-order valence-electron chi connectivity index (χ2n) is 5.55. The summed E-state index contributed by atoms with van der Waals surface area (Å²) in [5, 5.41) is 2.92. The van der Waals surface area contributed by atoms with Gasteiger partial charge < -0.3 is 14.8 Å². The van der Waals surface area contributed by atoms with E-state index in [9.17, 15) is 9.59 Å². The SMILES string of the molecule is C=C(/C=C\N(C=O)C1CCC(COC(=O)SC(CC)CC)O1)NC. The third-order valence-electron chi connectivity index (χ3n) is 3.87. The van der Waals surface area contributed by atoms with Crippen molar-refractivity contribution in [1.29, 1.82) is 0 Å². The van der Waals surface area contributed by atoms with Crippen LogP contribution in [0.2, 0.25) is 0 Å². The van der Waals surface area contributed by atoms with Gasteiger partial charge in [0.2, 0.25) is 6.41 Å². The van der Waals surface area contributed by atoms with Gasteiger partial charge in [0.1, 0.15) is 12.8 Å². The first-order chi connectivity index (χ1) is 11.5. The molecule has 24 heavy (non-hydrogen) atoms. The lowest BCUT2D eigenvalue weighted by atomic mass is 10.2. The van der Waals surface area contributed by atoms with Crippen molar-refractivity contribution >= 4 is 23.5 Å². The molecule has 0 aliphatic carbocycles. The fourth-order valence-electron chi connectivity index (χ4n) is 2.27. The Morgan fingerprint density at radius 2 is 2.17 bits per heavy atom. The highest BCUT2D eigenvalue weighted by molar-refractivity contribution is 8.13. The maximum Gasteiger partial charge on any atom is 0.367 e. The Morgan fingerprint density at radius 3 is 2.75 bits per heavy atom. The Labute approximate surface area is 148 Å². The molecule has 1 heterocycles.